The molecule has 1 fully saturated rings. The van der Waals surface area contributed by atoms with E-state index in [1.165, 1.54) is 6.07 Å². The Balaban J connectivity index is 1.43. The number of piperazine rings is 1. The van der Waals surface area contributed by atoms with Crippen molar-refractivity contribution in [2.45, 2.75) is 17.7 Å². The topological polar surface area (TPSA) is 49.3 Å². The highest BCUT2D eigenvalue weighted by atomic mass is 32.2. The lowest BCUT2D eigenvalue weighted by atomic mass is 10.2. The highest BCUT2D eigenvalue weighted by molar-refractivity contribution is 7.99. The Morgan fingerprint density at radius 1 is 1.07 bits per heavy atom. The Morgan fingerprint density at radius 3 is 2.44 bits per heavy atom. The molecule has 5 nitrogen and oxygen atoms in total. The number of nitrogens with zero attached hydrogens (tertiary/aromatic N) is 4. The van der Waals surface area contributed by atoms with Gasteiger partial charge in [0.1, 0.15) is 0 Å². The van der Waals surface area contributed by atoms with Crippen LogP contribution in [0, 0.1) is 0 Å². The van der Waals surface area contributed by atoms with Crippen molar-refractivity contribution in [1.29, 1.82) is 0 Å². The summed E-state index contributed by atoms with van der Waals surface area (Å²) in [4.78, 5) is 24.4. The van der Waals surface area contributed by atoms with Crippen molar-refractivity contribution in [3.05, 3.63) is 54.0 Å². The summed E-state index contributed by atoms with van der Waals surface area (Å²) in [5, 5.41) is 0.408. The van der Waals surface area contributed by atoms with Crippen LogP contribution in [0.4, 0.5) is 13.2 Å². The molecule has 0 aromatic carbocycles. The van der Waals surface area contributed by atoms with E-state index in [-0.39, 0.29) is 11.7 Å². The zero-order chi connectivity index (χ0) is 19.3. The summed E-state index contributed by atoms with van der Waals surface area (Å²) in [5.74, 6) is 0.137. The van der Waals surface area contributed by atoms with Crippen LogP contribution in [-0.4, -0.2) is 57.6 Å². The fourth-order valence-corrected chi connectivity index (χ4v) is 3.48. The number of amides is 1. The largest absolute Gasteiger partial charge is 0.417 e. The predicted octanol–water partition coefficient (Wildman–Crippen LogP) is 2.93. The molecule has 0 radical (unpaired) electrons. The lowest BCUT2D eigenvalue weighted by molar-refractivity contribution is -0.138. The van der Waals surface area contributed by atoms with Crippen LogP contribution in [0.25, 0.3) is 0 Å². The van der Waals surface area contributed by atoms with Gasteiger partial charge in [-0.15, -0.1) is 0 Å². The Labute approximate surface area is 159 Å². The second kappa shape index (κ2) is 8.71. The maximum atomic E-state index is 12.5. The van der Waals surface area contributed by atoms with E-state index in [0.717, 1.165) is 49.4 Å². The Hall–Kier alpha value is -2.13. The minimum Gasteiger partial charge on any atom is -0.339 e. The van der Waals surface area contributed by atoms with Crippen LogP contribution in [0.1, 0.15) is 11.3 Å². The van der Waals surface area contributed by atoms with Crippen molar-refractivity contribution in [3.8, 4) is 0 Å². The van der Waals surface area contributed by atoms with Gasteiger partial charge in [-0.2, -0.15) is 13.2 Å². The number of aromatic nitrogens is 2. The molecule has 3 heterocycles. The second-order valence-corrected chi connectivity index (χ2v) is 7.15. The average Bonchev–Trinajstić information content (AvgIpc) is 2.67. The van der Waals surface area contributed by atoms with Crippen molar-refractivity contribution in [1.82, 2.24) is 19.8 Å². The third-order valence-electron chi connectivity index (χ3n) is 4.24. The molecule has 0 bridgehead atoms. The first-order valence-electron chi connectivity index (χ1n) is 8.48. The van der Waals surface area contributed by atoms with Gasteiger partial charge in [-0.25, -0.2) is 4.98 Å². The van der Waals surface area contributed by atoms with E-state index in [4.69, 9.17) is 0 Å². The molecular formula is C18H19F3N4OS. The van der Waals surface area contributed by atoms with Crippen molar-refractivity contribution in [2.24, 2.45) is 0 Å². The summed E-state index contributed by atoms with van der Waals surface area (Å²) >= 11 is 1.15. The lowest BCUT2D eigenvalue weighted by Gasteiger charge is -2.34. The summed E-state index contributed by atoms with van der Waals surface area (Å²) in [7, 11) is 0. The number of carbonyl (C=O) groups excluding carboxylic acids is 1. The number of hydrogen-bond donors (Lipinski definition) is 0. The minimum atomic E-state index is -4.40. The van der Waals surface area contributed by atoms with Gasteiger partial charge in [0.25, 0.3) is 0 Å². The van der Waals surface area contributed by atoms with Crippen LogP contribution < -0.4 is 0 Å². The molecule has 2 aromatic heterocycles. The second-order valence-electron chi connectivity index (χ2n) is 6.15. The zero-order valence-electron chi connectivity index (χ0n) is 14.5. The van der Waals surface area contributed by atoms with Crippen molar-refractivity contribution >= 4 is 17.7 Å². The number of thioether (sulfide) groups is 1. The molecule has 1 amide bonds. The van der Waals surface area contributed by atoms with Crippen LogP contribution in [0.15, 0.2) is 47.8 Å². The molecule has 2 aromatic rings. The molecule has 144 valence electrons. The molecule has 0 spiro atoms. The third-order valence-corrected chi connectivity index (χ3v) is 5.17. The molecule has 1 aliphatic heterocycles. The van der Waals surface area contributed by atoms with Crippen molar-refractivity contribution in [2.75, 3.05) is 31.9 Å². The Kier molecular flexibility index (Phi) is 6.33. The van der Waals surface area contributed by atoms with Gasteiger partial charge in [0.05, 0.1) is 22.0 Å². The van der Waals surface area contributed by atoms with E-state index >= 15 is 0 Å². The summed E-state index contributed by atoms with van der Waals surface area (Å²) in [6.07, 6.45) is -1.84. The average molecular weight is 396 g/mol. The minimum absolute atomic E-state index is 0.0285. The van der Waals surface area contributed by atoms with Gasteiger partial charge in [0.2, 0.25) is 5.91 Å². The molecule has 3 rings (SSSR count). The van der Waals surface area contributed by atoms with Gasteiger partial charge in [-0.3, -0.25) is 14.7 Å². The maximum absolute atomic E-state index is 12.5. The first-order valence-corrected chi connectivity index (χ1v) is 9.46. The summed E-state index contributed by atoms with van der Waals surface area (Å²) in [5.41, 5.74) is 0.211. The van der Waals surface area contributed by atoms with E-state index in [1.807, 2.05) is 18.2 Å². The van der Waals surface area contributed by atoms with Crippen LogP contribution in [-0.2, 0) is 17.5 Å². The van der Waals surface area contributed by atoms with E-state index in [9.17, 15) is 18.0 Å². The standard InChI is InChI=1S/C18H19F3N4OS/c19-18(20,21)14-4-5-16(23-11-14)27-13-17(26)25-9-7-24(8-10-25)12-15-3-1-2-6-22-15/h1-6,11H,7-10,12-13H2. The van der Waals surface area contributed by atoms with E-state index < -0.39 is 11.7 Å². The number of halogens is 3. The molecule has 9 heteroatoms. The molecule has 1 saturated heterocycles. The van der Waals surface area contributed by atoms with Gasteiger partial charge in [0.15, 0.2) is 0 Å². The fourth-order valence-electron chi connectivity index (χ4n) is 2.74. The predicted molar refractivity (Wildman–Crippen MR) is 96.1 cm³/mol. The van der Waals surface area contributed by atoms with Crippen molar-refractivity contribution in [3.63, 3.8) is 0 Å². The van der Waals surface area contributed by atoms with Crippen LogP contribution in [0.5, 0.6) is 0 Å². The lowest BCUT2D eigenvalue weighted by Crippen LogP contribution is -2.48. The summed E-state index contributed by atoms with van der Waals surface area (Å²) in [6.45, 7) is 3.56. The molecule has 0 N–H and O–H groups in total. The molecular weight excluding hydrogens is 377 g/mol. The fraction of sp³-hybridized carbons (Fsp3) is 0.389. The zero-order valence-corrected chi connectivity index (χ0v) is 15.3. The SMILES string of the molecule is O=C(CSc1ccc(C(F)(F)F)cn1)N1CCN(Cc2ccccn2)CC1. The number of alkyl halides is 3. The highest BCUT2D eigenvalue weighted by Crippen LogP contribution is 2.29. The van der Waals surface area contributed by atoms with Gasteiger partial charge in [0, 0.05) is 45.1 Å². The van der Waals surface area contributed by atoms with E-state index in [0.29, 0.717) is 18.1 Å². The quantitative estimate of drug-likeness (QED) is 0.728. The smallest absolute Gasteiger partial charge is 0.339 e. The highest BCUT2D eigenvalue weighted by Gasteiger charge is 2.30. The van der Waals surface area contributed by atoms with Crippen molar-refractivity contribution < 1.29 is 18.0 Å². The van der Waals surface area contributed by atoms with E-state index in [2.05, 4.69) is 14.9 Å². The molecule has 0 atom stereocenters. The van der Waals surface area contributed by atoms with Gasteiger partial charge in [-0.1, -0.05) is 17.8 Å². The number of rotatable bonds is 5. The molecule has 27 heavy (non-hydrogen) atoms. The molecule has 0 unspecified atom stereocenters. The molecule has 1 aliphatic rings. The van der Waals surface area contributed by atoms with Crippen LogP contribution in [0.2, 0.25) is 0 Å². The number of carbonyl (C=O) groups is 1. The van der Waals surface area contributed by atoms with Crippen LogP contribution >= 0.6 is 11.8 Å². The Morgan fingerprint density at radius 2 is 1.85 bits per heavy atom. The van der Waals surface area contributed by atoms with Crippen LogP contribution in [0.3, 0.4) is 0 Å². The maximum Gasteiger partial charge on any atom is 0.417 e. The molecule has 0 saturated carbocycles. The van der Waals surface area contributed by atoms with E-state index in [1.54, 1.807) is 11.1 Å². The number of hydrogen-bond acceptors (Lipinski definition) is 5. The summed E-state index contributed by atoms with van der Waals surface area (Å²) < 4.78 is 37.6. The normalized spacial score (nSPS) is 15.7. The Bertz CT molecular complexity index is 747. The van der Waals surface area contributed by atoms with Gasteiger partial charge < -0.3 is 4.90 Å². The molecule has 0 aliphatic carbocycles. The first-order chi connectivity index (χ1) is 12.9. The summed E-state index contributed by atoms with van der Waals surface area (Å²) in [6, 6.07) is 8.09. The van der Waals surface area contributed by atoms with Gasteiger partial charge in [-0.05, 0) is 24.3 Å². The third kappa shape index (κ3) is 5.67. The first kappa shape index (κ1) is 19.6. The number of pyridine rings is 2. The van der Waals surface area contributed by atoms with Gasteiger partial charge >= 0.3 is 6.18 Å². The monoisotopic (exact) mass is 396 g/mol.